The summed E-state index contributed by atoms with van der Waals surface area (Å²) in [5, 5.41) is 0. The first-order valence-corrected chi connectivity index (χ1v) is 6.39. The van der Waals surface area contributed by atoms with Crippen LogP contribution in [-0.2, 0) is 6.54 Å². The van der Waals surface area contributed by atoms with Gasteiger partial charge in [-0.05, 0) is 37.1 Å². The molecule has 0 radical (unpaired) electrons. The van der Waals surface area contributed by atoms with E-state index in [1.54, 1.807) is 0 Å². The first kappa shape index (κ1) is 12.4. The lowest BCUT2D eigenvalue weighted by Gasteiger charge is -2.30. The minimum atomic E-state index is 0.362. The maximum absolute atomic E-state index is 6.01. The molecule has 0 aliphatic carbocycles. The Balaban J connectivity index is 2.00. The molecule has 1 saturated heterocycles. The predicted molar refractivity (Wildman–Crippen MR) is 73.3 cm³/mol. The molecule has 1 heterocycles. The summed E-state index contributed by atoms with van der Waals surface area (Å²) in [6.45, 7) is 3.24. The third kappa shape index (κ3) is 3.45. The highest BCUT2D eigenvalue weighted by Gasteiger charge is 2.16. The highest BCUT2D eigenvalue weighted by atomic mass is 15.1. The Morgan fingerprint density at radius 1 is 1.41 bits per heavy atom. The number of anilines is 1. The Labute approximate surface area is 104 Å². The van der Waals surface area contributed by atoms with E-state index in [4.69, 9.17) is 5.73 Å². The van der Waals surface area contributed by atoms with Gasteiger partial charge in [0, 0.05) is 38.9 Å². The van der Waals surface area contributed by atoms with Crippen molar-refractivity contribution in [3.8, 4) is 0 Å². The van der Waals surface area contributed by atoms with Crippen LogP contribution in [0.15, 0.2) is 24.3 Å². The number of piperidine rings is 1. The van der Waals surface area contributed by atoms with E-state index in [0.29, 0.717) is 6.04 Å². The zero-order chi connectivity index (χ0) is 12.3. The fourth-order valence-electron chi connectivity index (χ4n) is 2.43. The average molecular weight is 233 g/mol. The highest BCUT2D eigenvalue weighted by Crippen LogP contribution is 2.17. The molecule has 1 fully saturated rings. The van der Waals surface area contributed by atoms with Crippen LogP contribution in [0.5, 0.6) is 0 Å². The second-order valence-electron chi connectivity index (χ2n) is 5.20. The molecule has 1 atom stereocenters. The fraction of sp³-hybridized carbons (Fsp3) is 0.571. The lowest BCUT2D eigenvalue weighted by atomic mass is 10.1. The summed E-state index contributed by atoms with van der Waals surface area (Å²) in [5.41, 5.74) is 8.65. The molecule has 1 aliphatic rings. The third-order valence-corrected chi connectivity index (χ3v) is 3.38. The van der Waals surface area contributed by atoms with Gasteiger partial charge in [-0.15, -0.1) is 0 Å². The molecule has 0 amide bonds. The van der Waals surface area contributed by atoms with E-state index in [-0.39, 0.29) is 0 Å². The van der Waals surface area contributed by atoms with E-state index in [1.807, 2.05) is 0 Å². The normalized spacial score (nSPS) is 21.5. The van der Waals surface area contributed by atoms with Gasteiger partial charge in [0.2, 0.25) is 0 Å². The lowest BCUT2D eigenvalue weighted by Crippen LogP contribution is -2.42. The molecule has 1 aliphatic heterocycles. The number of likely N-dealkylation sites (tertiary alicyclic amines) is 1. The number of nitrogens with zero attached hydrogens (tertiary/aromatic N) is 2. The smallest absolute Gasteiger partial charge is 0.0364 e. The van der Waals surface area contributed by atoms with Gasteiger partial charge in [0.05, 0.1) is 0 Å². The molecule has 1 aromatic carbocycles. The van der Waals surface area contributed by atoms with E-state index in [9.17, 15) is 0 Å². The second-order valence-corrected chi connectivity index (χ2v) is 5.20. The molecule has 3 nitrogen and oxygen atoms in total. The fourth-order valence-corrected chi connectivity index (χ4v) is 2.43. The minimum absolute atomic E-state index is 0.362. The Kier molecular flexibility index (Phi) is 4.02. The molecule has 0 bridgehead atoms. The number of hydrogen-bond donors (Lipinski definition) is 1. The van der Waals surface area contributed by atoms with Crippen LogP contribution < -0.4 is 10.6 Å². The van der Waals surface area contributed by atoms with Crippen molar-refractivity contribution in [1.29, 1.82) is 0 Å². The molecule has 1 aromatic rings. The summed E-state index contributed by atoms with van der Waals surface area (Å²) in [5.74, 6) is 0. The Morgan fingerprint density at radius 3 is 2.94 bits per heavy atom. The van der Waals surface area contributed by atoms with Crippen molar-refractivity contribution >= 4 is 5.69 Å². The van der Waals surface area contributed by atoms with Crippen LogP contribution in [0.25, 0.3) is 0 Å². The SMILES string of the molecule is CN(C)c1cccc(CN2CCC[C@H](N)C2)c1. The van der Waals surface area contributed by atoms with Crippen LogP contribution in [-0.4, -0.2) is 38.1 Å². The largest absolute Gasteiger partial charge is 0.378 e. The summed E-state index contributed by atoms with van der Waals surface area (Å²) in [7, 11) is 4.16. The maximum Gasteiger partial charge on any atom is 0.0364 e. The van der Waals surface area contributed by atoms with Crippen molar-refractivity contribution in [3.05, 3.63) is 29.8 Å². The van der Waals surface area contributed by atoms with E-state index in [0.717, 1.165) is 13.1 Å². The Hall–Kier alpha value is -1.06. The summed E-state index contributed by atoms with van der Waals surface area (Å²) in [4.78, 5) is 4.61. The monoisotopic (exact) mass is 233 g/mol. The van der Waals surface area contributed by atoms with Gasteiger partial charge in [0.1, 0.15) is 0 Å². The first-order valence-electron chi connectivity index (χ1n) is 6.39. The van der Waals surface area contributed by atoms with Gasteiger partial charge in [-0.2, -0.15) is 0 Å². The van der Waals surface area contributed by atoms with E-state index in [2.05, 4.69) is 48.2 Å². The summed E-state index contributed by atoms with van der Waals surface area (Å²) in [6.07, 6.45) is 2.41. The van der Waals surface area contributed by atoms with Crippen molar-refractivity contribution in [2.75, 3.05) is 32.1 Å². The minimum Gasteiger partial charge on any atom is -0.378 e. The molecule has 3 heteroatoms. The molecular weight excluding hydrogens is 210 g/mol. The van der Waals surface area contributed by atoms with Crippen LogP contribution in [0.1, 0.15) is 18.4 Å². The second kappa shape index (κ2) is 5.52. The van der Waals surface area contributed by atoms with Crippen LogP contribution in [0, 0.1) is 0 Å². The van der Waals surface area contributed by atoms with Crippen LogP contribution in [0.4, 0.5) is 5.69 Å². The molecule has 0 unspecified atom stereocenters. The van der Waals surface area contributed by atoms with Gasteiger partial charge in [0.15, 0.2) is 0 Å². The Morgan fingerprint density at radius 2 is 2.24 bits per heavy atom. The summed E-state index contributed by atoms with van der Waals surface area (Å²) in [6, 6.07) is 9.11. The van der Waals surface area contributed by atoms with Gasteiger partial charge in [0.25, 0.3) is 0 Å². The van der Waals surface area contributed by atoms with Crippen molar-refractivity contribution < 1.29 is 0 Å². The molecule has 0 aromatic heterocycles. The standard InChI is InChI=1S/C14H23N3/c1-16(2)14-7-3-5-12(9-14)10-17-8-4-6-13(15)11-17/h3,5,7,9,13H,4,6,8,10-11,15H2,1-2H3/t13-/m0/s1. The molecule has 0 saturated carbocycles. The predicted octanol–water partition coefficient (Wildman–Crippen LogP) is 1.68. The van der Waals surface area contributed by atoms with Gasteiger partial charge in [-0.1, -0.05) is 12.1 Å². The van der Waals surface area contributed by atoms with Gasteiger partial charge < -0.3 is 10.6 Å². The van der Waals surface area contributed by atoms with Crippen molar-refractivity contribution in [2.45, 2.75) is 25.4 Å². The summed E-state index contributed by atoms with van der Waals surface area (Å²) >= 11 is 0. The molecule has 2 rings (SSSR count). The van der Waals surface area contributed by atoms with Crippen LogP contribution >= 0.6 is 0 Å². The molecule has 94 valence electrons. The molecule has 2 N–H and O–H groups in total. The molecular formula is C14H23N3. The number of benzene rings is 1. The molecule has 17 heavy (non-hydrogen) atoms. The van der Waals surface area contributed by atoms with E-state index >= 15 is 0 Å². The lowest BCUT2D eigenvalue weighted by molar-refractivity contribution is 0.201. The third-order valence-electron chi connectivity index (χ3n) is 3.38. The number of hydrogen-bond acceptors (Lipinski definition) is 3. The maximum atomic E-state index is 6.01. The zero-order valence-electron chi connectivity index (χ0n) is 10.9. The van der Waals surface area contributed by atoms with E-state index < -0.39 is 0 Å². The zero-order valence-corrected chi connectivity index (χ0v) is 10.9. The average Bonchev–Trinajstić information content (AvgIpc) is 2.29. The van der Waals surface area contributed by atoms with Crippen LogP contribution in [0.2, 0.25) is 0 Å². The quantitative estimate of drug-likeness (QED) is 0.862. The number of rotatable bonds is 3. The first-order chi connectivity index (χ1) is 8.15. The van der Waals surface area contributed by atoms with Gasteiger partial charge >= 0.3 is 0 Å². The number of nitrogens with two attached hydrogens (primary N) is 1. The topological polar surface area (TPSA) is 32.5 Å². The van der Waals surface area contributed by atoms with E-state index in [1.165, 1.54) is 30.6 Å². The van der Waals surface area contributed by atoms with Crippen molar-refractivity contribution in [1.82, 2.24) is 4.90 Å². The van der Waals surface area contributed by atoms with Crippen molar-refractivity contribution in [2.24, 2.45) is 5.73 Å². The molecule has 0 spiro atoms. The van der Waals surface area contributed by atoms with Gasteiger partial charge in [-0.25, -0.2) is 0 Å². The van der Waals surface area contributed by atoms with Crippen molar-refractivity contribution in [3.63, 3.8) is 0 Å². The summed E-state index contributed by atoms with van der Waals surface area (Å²) < 4.78 is 0. The highest BCUT2D eigenvalue weighted by molar-refractivity contribution is 5.47. The van der Waals surface area contributed by atoms with Gasteiger partial charge in [-0.3, -0.25) is 4.90 Å². The van der Waals surface area contributed by atoms with Crippen LogP contribution in [0.3, 0.4) is 0 Å². The Bertz CT molecular complexity index is 362.